The van der Waals surface area contributed by atoms with Crippen molar-refractivity contribution in [1.82, 2.24) is 24.6 Å². The molecule has 38 heavy (non-hydrogen) atoms. The van der Waals surface area contributed by atoms with E-state index in [-0.39, 0.29) is 17.9 Å². The summed E-state index contributed by atoms with van der Waals surface area (Å²) in [5, 5.41) is 5.83. The first-order chi connectivity index (χ1) is 18.4. The third-order valence-electron chi connectivity index (χ3n) is 6.60. The van der Waals surface area contributed by atoms with Gasteiger partial charge in [-0.05, 0) is 37.8 Å². The number of hydrogen-bond acceptors (Lipinski definition) is 6. The standard InChI is InChI=1S/C29H29N5O2S2/c1-19-25(34-16-17-37-29(34)31-19)27(35)30-18-23(15-14-21-10-6-4-7-11-21)33(3)28(36)24-26(38-20(2)32-24)22-12-8-5-9-13-22/h4-13,16-17,23H,14-15,18H2,1-3H3,(H,30,35)/t23-/m0/s1. The first-order valence-corrected chi connectivity index (χ1v) is 14.2. The van der Waals surface area contributed by atoms with Crippen LogP contribution in [0.1, 0.15) is 43.7 Å². The van der Waals surface area contributed by atoms with Crippen LogP contribution in [0.2, 0.25) is 0 Å². The van der Waals surface area contributed by atoms with Crippen LogP contribution in [0.5, 0.6) is 0 Å². The van der Waals surface area contributed by atoms with Gasteiger partial charge in [-0.2, -0.15) is 0 Å². The minimum absolute atomic E-state index is 0.152. The van der Waals surface area contributed by atoms with Gasteiger partial charge in [0.25, 0.3) is 11.8 Å². The Balaban J connectivity index is 1.38. The minimum Gasteiger partial charge on any atom is -0.349 e. The Morgan fingerprint density at radius 3 is 2.47 bits per heavy atom. The van der Waals surface area contributed by atoms with E-state index in [2.05, 4.69) is 27.4 Å². The summed E-state index contributed by atoms with van der Waals surface area (Å²) in [6.45, 7) is 4.07. The SMILES string of the molecule is Cc1nc(C(=O)N(C)[C@@H](CCc2ccccc2)CNC(=O)c2c(C)nc3sccn23)c(-c2ccccc2)s1. The van der Waals surface area contributed by atoms with Crippen LogP contribution < -0.4 is 5.32 Å². The van der Waals surface area contributed by atoms with Gasteiger partial charge in [-0.1, -0.05) is 60.7 Å². The Labute approximate surface area is 229 Å². The van der Waals surface area contributed by atoms with E-state index in [1.54, 1.807) is 11.9 Å². The normalized spacial score (nSPS) is 12.0. The summed E-state index contributed by atoms with van der Waals surface area (Å²) in [6, 6.07) is 19.8. The number of benzene rings is 2. The zero-order valence-corrected chi connectivity index (χ0v) is 23.2. The summed E-state index contributed by atoms with van der Waals surface area (Å²) in [7, 11) is 1.80. The van der Waals surface area contributed by atoms with Gasteiger partial charge in [-0.25, -0.2) is 9.97 Å². The van der Waals surface area contributed by atoms with E-state index >= 15 is 0 Å². The zero-order chi connectivity index (χ0) is 26.6. The van der Waals surface area contributed by atoms with Crippen molar-refractivity contribution in [3.8, 4) is 10.4 Å². The van der Waals surface area contributed by atoms with Crippen LogP contribution in [0.3, 0.4) is 0 Å². The molecule has 5 aromatic rings. The molecular formula is C29H29N5O2S2. The number of fused-ring (bicyclic) bond motifs is 1. The first kappa shape index (κ1) is 25.8. The van der Waals surface area contributed by atoms with Crippen LogP contribution in [0.4, 0.5) is 0 Å². The number of likely N-dealkylation sites (N-methyl/N-ethyl adjacent to an activating group) is 1. The molecule has 2 amide bonds. The molecular weight excluding hydrogens is 514 g/mol. The van der Waals surface area contributed by atoms with Gasteiger partial charge in [0.2, 0.25) is 0 Å². The number of carbonyl (C=O) groups excluding carboxylic acids is 2. The van der Waals surface area contributed by atoms with Crippen LogP contribution >= 0.6 is 22.7 Å². The van der Waals surface area contributed by atoms with Crippen molar-refractivity contribution in [3.63, 3.8) is 0 Å². The maximum Gasteiger partial charge on any atom is 0.274 e. The summed E-state index contributed by atoms with van der Waals surface area (Å²) in [4.78, 5) is 39.5. The Morgan fingerprint density at radius 2 is 1.74 bits per heavy atom. The molecule has 0 saturated heterocycles. The van der Waals surface area contributed by atoms with Crippen molar-refractivity contribution in [2.24, 2.45) is 0 Å². The van der Waals surface area contributed by atoms with E-state index in [9.17, 15) is 9.59 Å². The van der Waals surface area contributed by atoms with Crippen molar-refractivity contribution < 1.29 is 9.59 Å². The van der Waals surface area contributed by atoms with Gasteiger partial charge in [0.15, 0.2) is 4.96 Å². The molecule has 194 valence electrons. The first-order valence-electron chi connectivity index (χ1n) is 12.5. The van der Waals surface area contributed by atoms with Gasteiger partial charge >= 0.3 is 0 Å². The van der Waals surface area contributed by atoms with Crippen molar-refractivity contribution in [1.29, 1.82) is 0 Å². The van der Waals surface area contributed by atoms with Gasteiger partial charge in [-0.15, -0.1) is 22.7 Å². The Bertz CT molecular complexity index is 1560. The second-order valence-electron chi connectivity index (χ2n) is 9.18. The number of rotatable bonds is 9. The molecule has 1 N–H and O–H groups in total. The third-order valence-corrected chi connectivity index (χ3v) is 8.38. The van der Waals surface area contributed by atoms with Crippen LogP contribution in [-0.4, -0.2) is 50.7 Å². The molecule has 7 nitrogen and oxygen atoms in total. The van der Waals surface area contributed by atoms with E-state index in [4.69, 9.17) is 0 Å². The molecule has 0 radical (unpaired) electrons. The lowest BCUT2D eigenvalue weighted by atomic mass is 10.0. The number of imidazole rings is 1. The van der Waals surface area contributed by atoms with Crippen molar-refractivity contribution in [3.05, 3.63) is 99.9 Å². The smallest absolute Gasteiger partial charge is 0.274 e. The van der Waals surface area contributed by atoms with Gasteiger partial charge in [-0.3, -0.25) is 14.0 Å². The molecule has 1 atom stereocenters. The minimum atomic E-state index is -0.233. The fourth-order valence-corrected chi connectivity index (χ4v) is 6.24. The van der Waals surface area contributed by atoms with E-state index in [0.717, 1.165) is 26.8 Å². The zero-order valence-electron chi connectivity index (χ0n) is 21.5. The summed E-state index contributed by atoms with van der Waals surface area (Å²) >= 11 is 3.01. The molecule has 3 heterocycles. The highest BCUT2D eigenvalue weighted by Crippen LogP contribution is 2.31. The Hall–Kier alpha value is -3.82. The van der Waals surface area contributed by atoms with Gasteiger partial charge in [0.1, 0.15) is 11.4 Å². The van der Waals surface area contributed by atoms with Crippen molar-refractivity contribution >= 4 is 39.4 Å². The number of aromatic nitrogens is 3. The lowest BCUT2D eigenvalue weighted by Gasteiger charge is -2.28. The second kappa shape index (κ2) is 11.3. The van der Waals surface area contributed by atoms with Crippen LogP contribution in [0.25, 0.3) is 15.4 Å². The number of hydrogen-bond donors (Lipinski definition) is 1. The fraction of sp³-hybridized carbons (Fsp3) is 0.241. The monoisotopic (exact) mass is 543 g/mol. The van der Waals surface area contributed by atoms with Gasteiger partial charge in [0.05, 0.1) is 15.6 Å². The number of carbonyl (C=O) groups is 2. The highest BCUT2D eigenvalue weighted by atomic mass is 32.1. The number of aryl methyl sites for hydroxylation is 3. The molecule has 0 bridgehead atoms. The number of nitrogens with zero attached hydrogens (tertiary/aromatic N) is 4. The lowest BCUT2D eigenvalue weighted by Crippen LogP contribution is -2.45. The molecule has 0 spiro atoms. The molecule has 0 aliphatic rings. The second-order valence-corrected chi connectivity index (χ2v) is 11.3. The van der Waals surface area contributed by atoms with Crippen LogP contribution in [-0.2, 0) is 6.42 Å². The van der Waals surface area contributed by atoms with Crippen molar-refractivity contribution in [2.45, 2.75) is 32.7 Å². The highest BCUT2D eigenvalue weighted by molar-refractivity contribution is 7.15. The van der Waals surface area contributed by atoms with E-state index in [1.807, 2.05) is 78.4 Å². The molecule has 0 aliphatic carbocycles. The highest BCUT2D eigenvalue weighted by Gasteiger charge is 2.27. The maximum absolute atomic E-state index is 13.8. The Morgan fingerprint density at radius 1 is 1.03 bits per heavy atom. The molecule has 5 rings (SSSR count). The van der Waals surface area contributed by atoms with E-state index in [0.29, 0.717) is 30.0 Å². The molecule has 0 fully saturated rings. The molecule has 0 unspecified atom stereocenters. The number of nitrogens with one attached hydrogen (secondary N) is 1. The fourth-order valence-electron chi connectivity index (χ4n) is 4.56. The number of amides is 2. The summed E-state index contributed by atoms with van der Waals surface area (Å²) in [5.74, 6) is -0.352. The molecule has 0 saturated carbocycles. The average molecular weight is 544 g/mol. The quantitative estimate of drug-likeness (QED) is 0.261. The van der Waals surface area contributed by atoms with Gasteiger partial charge in [0, 0.05) is 31.2 Å². The average Bonchev–Trinajstić information content (AvgIpc) is 3.63. The molecule has 3 aromatic heterocycles. The number of thiazole rings is 2. The Kier molecular flexibility index (Phi) is 7.67. The predicted molar refractivity (Wildman–Crippen MR) is 153 cm³/mol. The summed E-state index contributed by atoms with van der Waals surface area (Å²) in [5.41, 5.74) is 3.82. The van der Waals surface area contributed by atoms with Crippen molar-refractivity contribution in [2.75, 3.05) is 13.6 Å². The molecule has 9 heteroatoms. The molecule has 2 aromatic carbocycles. The van der Waals surface area contributed by atoms with Crippen LogP contribution in [0, 0.1) is 13.8 Å². The largest absolute Gasteiger partial charge is 0.349 e. The van der Waals surface area contributed by atoms with Crippen LogP contribution in [0.15, 0.2) is 72.2 Å². The molecule has 0 aliphatic heterocycles. The van der Waals surface area contributed by atoms with E-state index in [1.165, 1.54) is 28.2 Å². The lowest BCUT2D eigenvalue weighted by molar-refractivity contribution is 0.0706. The van der Waals surface area contributed by atoms with E-state index < -0.39 is 0 Å². The third kappa shape index (κ3) is 5.39. The van der Waals surface area contributed by atoms with Gasteiger partial charge < -0.3 is 10.2 Å². The maximum atomic E-state index is 13.8. The summed E-state index contributed by atoms with van der Waals surface area (Å²) in [6.07, 6.45) is 3.32. The predicted octanol–water partition coefficient (Wildman–Crippen LogP) is 5.64. The topological polar surface area (TPSA) is 79.6 Å². The summed E-state index contributed by atoms with van der Waals surface area (Å²) < 4.78 is 1.81.